The second-order valence-electron chi connectivity index (χ2n) is 7.07. The van der Waals surface area contributed by atoms with Crippen molar-refractivity contribution in [3.8, 4) is 11.1 Å². The highest BCUT2D eigenvalue weighted by molar-refractivity contribution is 7.17. The van der Waals surface area contributed by atoms with Crippen LogP contribution < -0.4 is 10.5 Å². The number of carbonyl (C=O) groups excluding carboxylic acids is 1. The normalized spacial score (nSPS) is 11.1. The van der Waals surface area contributed by atoms with Gasteiger partial charge in [-0.25, -0.2) is 4.98 Å². The second kappa shape index (κ2) is 8.01. The van der Waals surface area contributed by atoms with E-state index in [0.29, 0.717) is 10.2 Å². The Hall–Kier alpha value is -3.25. The van der Waals surface area contributed by atoms with E-state index in [1.165, 1.54) is 22.2 Å². The molecule has 146 valence electrons. The number of carbonyl (C=O) groups is 1. The van der Waals surface area contributed by atoms with E-state index in [0.717, 1.165) is 16.8 Å². The fourth-order valence-electron chi connectivity index (χ4n) is 3.45. The zero-order valence-electron chi connectivity index (χ0n) is 16.3. The van der Waals surface area contributed by atoms with Gasteiger partial charge in [-0.3, -0.25) is 14.2 Å². The molecule has 0 aliphatic heterocycles. The molecular weight excluding hydrogens is 382 g/mol. The van der Waals surface area contributed by atoms with Crippen LogP contribution in [0.3, 0.4) is 0 Å². The van der Waals surface area contributed by atoms with Crippen molar-refractivity contribution in [1.82, 2.24) is 9.55 Å². The lowest BCUT2D eigenvalue weighted by Crippen LogP contribution is -2.41. The van der Waals surface area contributed by atoms with Gasteiger partial charge in [-0.1, -0.05) is 48.5 Å². The lowest BCUT2D eigenvalue weighted by molar-refractivity contribution is -0.119. The first-order valence-electron chi connectivity index (χ1n) is 9.45. The third-order valence-corrected chi connectivity index (χ3v) is 5.66. The van der Waals surface area contributed by atoms with Gasteiger partial charge in [-0.05, 0) is 31.5 Å². The predicted molar refractivity (Wildman–Crippen MR) is 118 cm³/mol. The zero-order valence-corrected chi connectivity index (χ0v) is 17.1. The third kappa shape index (κ3) is 3.71. The van der Waals surface area contributed by atoms with Crippen LogP contribution in [0.4, 0.5) is 5.69 Å². The molecule has 0 spiro atoms. The summed E-state index contributed by atoms with van der Waals surface area (Å²) in [5.74, 6) is -0.147. The highest BCUT2D eigenvalue weighted by Gasteiger charge is 2.21. The molecule has 1 amide bonds. The summed E-state index contributed by atoms with van der Waals surface area (Å²) in [6, 6.07) is 19.2. The van der Waals surface area contributed by atoms with Crippen LogP contribution in [0.25, 0.3) is 21.3 Å². The van der Waals surface area contributed by atoms with Crippen LogP contribution in [0.5, 0.6) is 0 Å². The van der Waals surface area contributed by atoms with Crippen LogP contribution in [0.15, 0.2) is 77.2 Å². The van der Waals surface area contributed by atoms with Crippen LogP contribution in [-0.4, -0.2) is 21.5 Å². The lowest BCUT2D eigenvalue weighted by atomic mass is 10.1. The van der Waals surface area contributed by atoms with E-state index in [1.54, 1.807) is 4.90 Å². The molecule has 0 fully saturated rings. The molecule has 0 saturated heterocycles. The molecule has 0 bridgehead atoms. The fraction of sp³-hybridized carbons (Fsp3) is 0.174. The van der Waals surface area contributed by atoms with E-state index < -0.39 is 0 Å². The van der Waals surface area contributed by atoms with E-state index in [1.807, 2.05) is 79.9 Å². The van der Waals surface area contributed by atoms with E-state index in [9.17, 15) is 9.59 Å². The van der Waals surface area contributed by atoms with Crippen molar-refractivity contribution in [2.45, 2.75) is 26.4 Å². The predicted octanol–water partition coefficient (Wildman–Crippen LogP) is 4.57. The Balaban J connectivity index is 1.72. The summed E-state index contributed by atoms with van der Waals surface area (Å²) < 4.78 is 1.40. The van der Waals surface area contributed by atoms with E-state index in [2.05, 4.69) is 4.98 Å². The molecule has 2 heterocycles. The number of hydrogen-bond donors (Lipinski definition) is 0. The molecule has 0 radical (unpaired) electrons. The highest BCUT2D eigenvalue weighted by atomic mass is 32.1. The van der Waals surface area contributed by atoms with Crippen molar-refractivity contribution in [3.63, 3.8) is 0 Å². The Morgan fingerprint density at radius 1 is 1.07 bits per heavy atom. The van der Waals surface area contributed by atoms with Crippen molar-refractivity contribution >= 4 is 33.1 Å². The number of benzene rings is 2. The second-order valence-corrected chi connectivity index (χ2v) is 7.92. The topological polar surface area (TPSA) is 55.2 Å². The number of aromatic nitrogens is 2. The minimum Gasteiger partial charge on any atom is -0.308 e. The first-order valence-corrected chi connectivity index (χ1v) is 10.3. The van der Waals surface area contributed by atoms with Gasteiger partial charge in [0.1, 0.15) is 11.4 Å². The van der Waals surface area contributed by atoms with Gasteiger partial charge in [0.2, 0.25) is 5.91 Å². The van der Waals surface area contributed by atoms with Crippen molar-refractivity contribution < 1.29 is 4.79 Å². The van der Waals surface area contributed by atoms with Gasteiger partial charge in [-0.15, -0.1) is 11.3 Å². The van der Waals surface area contributed by atoms with E-state index in [4.69, 9.17) is 0 Å². The van der Waals surface area contributed by atoms with Crippen molar-refractivity contribution in [1.29, 1.82) is 0 Å². The smallest absolute Gasteiger partial charge is 0.263 e. The molecule has 2 aromatic heterocycles. The van der Waals surface area contributed by atoms with Gasteiger partial charge < -0.3 is 4.90 Å². The summed E-state index contributed by atoms with van der Waals surface area (Å²) in [6.07, 6.45) is 1.47. The van der Waals surface area contributed by atoms with Crippen molar-refractivity contribution in [2.24, 2.45) is 0 Å². The van der Waals surface area contributed by atoms with Crippen LogP contribution in [0, 0.1) is 0 Å². The molecule has 0 N–H and O–H groups in total. The van der Waals surface area contributed by atoms with Gasteiger partial charge in [0.15, 0.2) is 0 Å². The summed E-state index contributed by atoms with van der Waals surface area (Å²) in [5.41, 5.74) is 2.44. The molecule has 5 nitrogen and oxygen atoms in total. The summed E-state index contributed by atoms with van der Waals surface area (Å²) in [7, 11) is 0. The number of rotatable bonds is 5. The Kier molecular flexibility index (Phi) is 5.27. The van der Waals surface area contributed by atoms with Gasteiger partial charge in [0, 0.05) is 22.7 Å². The quantitative estimate of drug-likeness (QED) is 0.491. The minimum atomic E-state index is -0.194. The monoisotopic (exact) mass is 403 g/mol. The van der Waals surface area contributed by atoms with Crippen LogP contribution >= 0.6 is 11.3 Å². The molecule has 0 atom stereocenters. The number of amides is 1. The van der Waals surface area contributed by atoms with Gasteiger partial charge in [0.05, 0.1) is 11.7 Å². The Labute approximate surface area is 172 Å². The summed E-state index contributed by atoms with van der Waals surface area (Å²) in [6.45, 7) is 3.86. The number of fused-ring (bicyclic) bond motifs is 1. The molecule has 4 aromatic rings. The van der Waals surface area contributed by atoms with Crippen LogP contribution in [0.2, 0.25) is 0 Å². The number of anilines is 1. The largest absolute Gasteiger partial charge is 0.308 e. The van der Waals surface area contributed by atoms with Crippen LogP contribution in [-0.2, 0) is 11.3 Å². The van der Waals surface area contributed by atoms with Crippen molar-refractivity contribution in [3.05, 3.63) is 82.7 Å². The fourth-order valence-corrected chi connectivity index (χ4v) is 4.36. The van der Waals surface area contributed by atoms with Crippen molar-refractivity contribution in [2.75, 3.05) is 4.90 Å². The molecule has 0 aliphatic rings. The number of para-hydroxylation sites is 1. The van der Waals surface area contributed by atoms with Crippen LogP contribution in [0.1, 0.15) is 13.8 Å². The maximum atomic E-state index is 13.2. The Bertz CT molecular complexity index is 1200. The maximum Gasteiger partial charge on any atom is 0.263 e. The summed E-state index contributed by atoms with van der Waals surface area (Å²) in [4.78, 5) is 33.1. The molecule has 29 heavy (non-hydrogen) atoms. The standard InChI is InChI=1S/C23H21N3O2S/c1-16(2)26(18-11-7-4-8-12-18)20(27)13-25-15-24-22-21(23(25)28)19(14-29-22)17-9-5-3-6-10-17/h3-12,14-16H,13H2,1-2H3. The first-order chi connectivity index (χ1) is 14.1. The number of nitrogens with zero attached hydrogens (tertiary/aromatic N) is 3. The van der Waals surface area contributed by atoms with Gasteiger partial charge in [0.25, 0.3) is 5.56 Å². The molecule has 0 saturated carbocycles. The average molecular weight is 404 g/mol. The Morgan fingerprint density at radius 2 is 1.72 bits per heavy atom. The molecule has 2 aromatic carbocycles. The molecule has 0 aliphatic carbocycles. The third-order valence-electron chi connectivity index (χ3n) is 4.77. The molecular formula is C23H21N3O2S. The number of thiophene rings is 1. The Morgan fingerprint density at radius 3 is 2.38 bits per heavy atom. The highest BCUT2D eigenvalue weighted by Crippen LogP contribution is 2.30. The maximum absolute atomic E-state index is 13.2. The van der Waals surface area contributed by atoms with Gasteiger partial charge in [-0.2, -0.15) is 0 Å². The molecule has 4 rings (SSSR count). The average Bonchev–Trinajstić information content (AvgIpc) is 3.16. The molecule has 6 heteroatoms. The van der Waals surface area contributed by atoms with E-state index in [-0.39, 0.29) is 24.1 Å². The lowest BCUT2D eigenvalue weighted by Gasteiger charge is -2.27. The molecule has 0 unspecified atom stereocenters. The summed E-state index contributed by atoms with van der Waals surface area (Å²) >= 11 is 1.44. The minimum absolute atomic E-state index is 0.0293. The number of hydrogen-bond acceptors (Lipinski definition) is 4. The summed E-state index contributed by atoms with van der Waals surface area (Å²) in [5, 5.41) is 2.51. The van der Waals surface area contributed by atoms with E-state index >= 15 is 0 Å². The zero-order chi connectivity index (χ0) is 20.4. The first kappa shape index (κ1) is 19.1. The SMILES string of the molecule is CC(C)N(C(=O)Cn1cnc2scc(-c3ccccc3)c2c1=O)c1ccccc1. The van der Waals surface area contributed by atoms with Gasteiger partial charge >= 0.3 is 0 Å².